The van der Waals surface area contributed by atoms with E-state index in [2.05, 4.69) is 38.7 Å². The molecule has 0 radical (unpaired) electrons. The van der Waals surface area contributed by atoms with Crippen LogP contribution >= 0.6 is 15.9 Å². The highest BCUT2D eigenvalue weighted by Crippen LogP contribution is 2.30. The van der Waals surface area contributed by atoms with Gasteiger partial charge in [0, 0.05) is 10.5 Å². The lowest BCUT2D eigenvalue weighted by Crippen LogP contribution is -2.31. The van der Waals surface area contributed by atoms with Gasteiger partial charge in [-0.3, -0.25) is 14.9 Å². The summed E-state index contributed by atoms with van der Waals surface area (Å²) in [5.74, 6) is -0.583. The molecule has 1 atom stereocenters. The summed E-state index contributed by atoms with van der Waals surface area (Å²) in [6, 6.07) is 12.0. The molecule has 23 heavy (non-hydrogen) atoms. The SMILES string of the molecule is O=C1NC(=O)c2c(C[C@@H]3NCCc4cc(Br)ccc43)cccc21. The minimum absolute atomic E-state index is 0.154. The molecule has 2 aromatic rings. The van der Waals surface area contributed by atoms with Crippen LogP contribution in [0.3, 0.4) is 0 Å². The van der Waals surface area contributed by atoms with Crippen molar-refractivity contribution in [2.45, 2.75) is 18.9 Å². The monoisotopic (exact) mass is 370 g/mol. The van der Waals surface area contributed by atoms with Crippen molar-refractivity contribution in [1.29, 1.82) is 0 Å². The Balaban J connectivity index is 1.71. The molecule has 2 aromatic carbocycles. The van der Waals surface area contributed by atoms with Crippen molar-refractivity contribution in [3.05, 3.63) is 68.7 Å². The maximum atomic E-state index is 12.1. The van der Waals surface area contributed by atoms with Crippen LogP contribution in [0.25, 0.3) is 0 Å². The van der Waals surface area contributed by atoms with Crippen molar-refractivity contribution < 1.29 is 9.59 Å². The molecule has 0 fully saturated rings. The average Bonchev–Trinajstić information content (AvgIpc) is 2.83. The van der Waals surface area contributed by atoms with Gasteiger partial charge in [0.1, 0.15) is 0 Å². The zero-order valence-corrected chi connectivity index (χ0v) is 13.9. The van der Waals surface area contributed by atoms with Crippen LogP contribution in [0, 0.1) is 0 Å². The number of imide groups is 1. The second-order valence-corrected chi connectivity index (χ2v) is 6.84. The van der Waals surface area contributed by atoms with E-state index in [-0.39, 0.29) is 17.9 Å². The fraction of sp³-hybridized carbons (Fsp3) is 0.222. The van der Waals surface area contributed by atoms with Crippen molar-refractivity contribution >= 4 is 27.7 Å². The summed E-state index contributed by atoms with van der Waals surface area (Å²) in [7, 11) is 0. The van der Waals surface area contributed by atoms with Crippen molar-refractivity contribution in [3.8, 4) is 0 Å². The zero-order valence-electron chi connectivity index (χ0n) is 12.4. The van der Waals surface area contributed by atoms with Gasteiger partial charge >= 0.3 is 0 Å². The molecule has 4 nitrogen and oxygen atoms in total. The largest absolute Gasteiger partial charge is 0.309 e. The molecule has 5 heteroatoms. The Morgan fingerprint density at radius 2 is 2.00 bits per heavy atom. The highest BCUT2D eigenvalue weighted by atomic mass is 79.9. The van der Waals surface area contributed by atoms with Crippen LogP contribution in [0.15, 0.2) is 40.9 Å². The van der Waals surface area contributed by atoms with E-state index in [1.165, 1.54) is 11.1 Å². The van der Waals surface area contributed by atoms with Crippen molar-refractivity contribution in [2.75, 3.05) is 6.54 Å². The van der Waals surface area contributed by atoms with Gasteiger partial charge in [0.15, 0.2) is 0 Å². The maximum Gasteiger partial charge on any atom is 0.259 e. The Morgan fingerprint density at radius 3 is 2.87 bits per heavy atom. The third-order valence-electron chi connectivity index (χ3n) is 4.54. The van der Waals surface area contributed by atoms with Gasteiger partial charge in [-0.05, 0) is 54.3 Å². The number of amides is 2. The Kier molecular flexibility index (Phi) is 3.54. The van der Waals surface area contributed by atoms with E-state index in [1.54, 1.807) is 6.07 Å². The van der Waals surface area contributed by atoms with Crippen LogP contribution < -0.4 is 10.6 Å². The Labute approximate surface area is 142 Å². The first-order chi connectivity index (χ1) is 11.1. The Hall–Kier alpha value is -1.98. The van der Waals surface area contributed by atoms with Gasteiger partial charge in [0.2, 0.25) is 0 Å². The van der Waals surface area contributed by atoms with Gasteiger partial charge in [-0.25, -0.2) is 0 Å². The average molecular weight is 371 g/mol. The summed E-state index contributed by atoms with van der Waals surface area (Å²) in [6.45, 7) is 0.911. The smallest absolute Gasteiger partial charge is 0.259 e. The summed E-state index contributed by atoms with van der Waals surface area (Å²) in [5, 5.41) is 5.91. The second kappa shape index (κ2) is 5.58. The van der Waals surface area contributed by atoms with E-state index in [0.29, 0.717) is 17.5 Å². The number of fused-ring (bicyclic) bond motifs is 2. The minimum atomic E-state index is -0.298. The van der Waals surface area contributed by atoms with Crippen molar-refractivity contribution in [1.82, 2.24) is 10.6 Å². The summed E-state index contributed by atoms with van der Waals surface area (Å²) < 4.78 is 1.09. The predicted octanol–water partition coefficient (Wildman–Crippen LogP) is 2.76. The van der Waals surface area contributed by atoms with Gasteiger partial charge in [0.25, 0.3) is 11.8 Å². The highest BCUT2D eigenvalue weighted by molar-refractivity contribution is 9.10. The molecule has 2 aliphatic rings. The molecule has 0 aromatic heterocycles. The van der Waals surface area contributed by atoms with E-state index in [0.717, 1.165) is 23.0 Å². The minimum Gasteiger partial charge on any atom is -0.309 e. The molecule has 116 valence electrons. The van der Waals surface area contributed by atoms with Gasteiger partial charge in [-0.1, -0.05) is 34.1 Å². The summed E-state index contributed by atoms with van der Waals surface area (Å²) in [5.41, 5.74) is 4.53. The molecule has 0 aliphatic carbocycles. The number of hydrogen-bond acceptors (Lipinski definition) is 3. The van der Waals surface area contributed by atoms with Crippen LogP contribution in [0.1, 0.15) is 43.4 Å². The number of hydrogen-bond donors (Lipinski definition) is 2. The molecule has 0 unspecified atom stereocenters. The number of halogens is 1. The standard InChI is InChI=1S/C18H15BrN2O2/c19-12-4-5-13-10(8-12)6-7-20-15(13)9-11-2-1-3-14-16(11)18(23)21-17(14)22/h1-5,8,15,20H,6-7,9H2,(H,21,22,23)/t15-/m0/s1. The summed E-state index contributed by atoms with van der Waals surface area (Å²) in [4.78, 5) is 23.9. The quantitative estimate of drug-likeness (QED) is 0.799. The predicted molar refractivity (Wildman–Crippen MR) is 90.5 cm³/mol. The van der Waals surface area contributed by atoms with Crippen LogP contribution in [0.4, 0.5) is 0 Å². The third-order valence-corrected chi connectivity index (χ3v) is 5.03. The zero-order chi connectivity index (χ0) is 16.0. The first kappa shape index (κ1) is 14.6. The summed E-state index contributed by atoms with van der Waals surface area (Å²) in [6.07, 6.45) is 1.69. The van der Waals surface area contributed by atoms with E-state index in [9.17, 15) is 9.59 Å². The molecule has 0 bridgehead atoms. The number of carbonyl (C=O) groups is 2. The van der Waals surface area contributed by atoms with Gasteiger partial charge in [-0.15, -0.1) is 0 Å². The molecule has 4 rings (SSSR count). The first-order valence-corrected chi connectivity index (χ1v) is 8.42. The topological polar surface area (TPSA) is 58.2 Å². The first-order valence-electron chi connectivity index (χ1n) is 7.63. The van der Waals surface area contributed by atoms with Crippen LogP contribution in [-0.4, -0.2) is 18.4 Å². The molecule has 2 N–H and O–H groups in total. The molecule has 0 saturated heterocycles. The lowest BCUT2D eigenvalue weighted by molar-refractivity contribution is 0.0879. The van der Waals surface area contributed by atoms with E-state index < -0.39 is 0 Å². The van der Waals surface area contributed by atoms with Gasteiger partial charge < -0.3 is 5.32 Å². The highest BCUT2D eigenvalue weighted by Gasteiger charge is 2.30. The molecule has 2 amide bonds. The van der Waals surface area contributed by atoms with Gasteiger partial charge in [-0.2, -0.15) is 0 Å². The van der Waals surface area contributed by atoms with E-state index >= 15 is 0 Å². The lowest BCUT2D eigenvalue weighted by Gasteiger charge is -2.27. The van der Waals surface area contributed by atoms with Crippen LogP contribution in [-0.2, 0) is 12.8 Å². The second-order valence-electron chi connectivity index (χ2n) is 5.93. The van der Waals surface area contributed by atoms with Crippen LogP contribution in [0.5, 0.6) is 0 Å². The normalized spacial score (nSPS) is 19.3. The van der Waals surface area contributed by atoms with Crippen molar-refractivity contribution in [2.24, 2.45) is 0 Å². The molecule has 2 aliphatic heterocycles. The number of nitrogens with one attached hydrogen (secondary N) is 2. The Bertz CT molecular complexity index is 832. The molecule has 2 heterocycles. The third kappa shape index (κ3) is 2.50. The van der Waals surface area contributed by atoms with Crippen LogP contribution in [0.2, 0.25) is 0 Å². The fourth-order valence-electron chi connectivity index (χ4n) is 3.48. The lowest BCUT2D eigenvalue weighted by atomic mass is 9.88. The Morgan fingerprint density at radius 1 is 1.13 bits per heavy atom. The van der Waals surface area contributed by atoms with E-state index in [1.807, 2.05) is 18.2 Å². The molecular formula is C18H15BrN2O2. The number of carbonyl (C=O) groups excluding carboxylic acids is 2. The molecule has 0 spiro atoms. The fourth-order valence-corrected chi connectivity index (χ4v) is 3.89. The van der Waals surface area contributed by atoms with Gasteiger partial charge in [0.05, 0.1) is 11.1 Å². The number of benzene rings is 2. The molecule has 0 saturated carbocycles. The van der Waals surface area contributed by atoms with Crippen molar-refractivity contribution in [3.63, 3.8) is 0 Å². The molecular weight excluding hydrogens is 356 g/mol. The maximum absolute atomic E-state index is 12.1. The number of rotatable bonds is 2. The summed E-state index contributed by atoms with van der Waals surface area (Å²) >= 11 is 3.52. The van der Waals surface area contributed by atoms with E-state index in [4.69, 9.17) is 0 Å².